The van der Waals surface area contributed by atoms with Crippen molar-refractivity contribution in [3.8, 4) is 0 Å². The monoisotopic (exact) mass is 113 g/mol. The lowest BCUT2D eigenvalue weighted by Gasteiger charge is -1.58. The minimum absolute atomic E-state index is 0.750. The van der Waals surface area contributed by atoms with Crippen LogP contribution < -0.4 is 0 Å². The standard InChI is InChI=1S/C4H6O.CHNO/c1-2-3-4-5;2-1-3/h2-5H,1H2;2H. The second kappa shape index (κ2) is 17.4. The molecule has 3 heteroatoms. The van der Waals surface area contributed by atoms with E-state index < -0.39 is 0 Å². The molecular formula is C5H7NO2. The van der Waals surface area contributed by atoms with Crippen LogP contribution in [0.2, 0.25) is 0 Å². The summed E-state index contributed by atoms with van der Waals surface area (Å²) >= 11 is 0. The van der Waals surface area contributed by atoms with Crippen LogP contribution in [0.1, 0.15) is 0 Å². The van der Waals surface area contributed by atoms with Crippen molar-refractivity contribution >= 4 is 6.08 Å². The van der Waals surface area contributed by atoms with Crippen molar-refractivity contribution in [3.05, 3.63) is 25.0 Å². The molecule has 0 radical (unpaired) electrons. The summed E-state index contributed by atoms with van der Waals surface area (Å²) in [7, 11) is 0. The zero-order valence-corrected chi connectivity index (χ0v) is 4.29. The maximum Gasteiger partial charge on any atom is 0.231 e. The van der Waals surface area contributed by atoms with Crippen LogP contribution in [-0.4, -0.2) is 11.2 Å². The first kappa shape index (κ1) is 9.83. The summed E-state index contributed by atoms with van der Waals surface area (Å²) in [4.78, 5) is 8.35. The van der Waals surface area contributed by atoms with Crippen LogP contribution in [0.3, 0.4) is 0 Å². The second-order valence-corrected chi connectivity index (χ2v) is 0.679. The third kappa shape index (κ3) is 143. The first-order valence-corrected chi connectivity index (χ1v) is 1.79. The molecule has 0 aromatic heterocycles. The van der Waals surface area contributed by atoms with Gasteiger partial charge in [-0.2, -0.15) is 0 Å². The molecule has 0 amide bonds. The third-order valence-electron chi connectivity index (χ3n) is 0.222. The van der Waals surface area contributed by atoms with Gasteiger partial charge in [0, 0.05) is 0 Å². The largest absolute Gasteiger partial charge is 0.516 e. The molecule has 44 valence electrons. The lowest BCUT2D eigenvalue weighted by atomic mass is 10.6. The maximum atomic E-state index is 8.35. The highest BCUT2D eigenvalue weighted by atomic mass is 16.2. The van der Waals surface area contributed by atoms with E-state index in [0.29, 0.717) is 0 Å². The zero-order chi connectivity index (χ0) is 6.83. The van der Waals surface area contributed by atoms with Gasteiger partial charge in [-0.3, -0.25) is 0 Å². The Morgan fingerprint density at radius 2 is 2.12 bits per heavy atom. The molecule has 0 spiro atoms. The minimum atomic E-state index is 0.750. The normalized spacial score (nSPS) is 6.50. The van der Waals surface area contributed by atoms with Crippen LogP contribution in [0.25, 0.3) is 0 Å². The number of carbonyl (C=O) groups excluding carboxylic acids is 1. The molecule has 0 atom stereocenters. The average molecular weight is 113 g/mol. The second-order valence-electron chi connectivity index (χ2n) is 0.679. The van der Waals surface area contributed by atoms with E-state index in [4.69, 9.17) is 15.3 Å². The molecule has 0 saturated carbocycles. The summed E-state index contributed by atoms with van der Waals surface area (Å²) in [6.45, 7) is 3.30. The molecule has 2 N–H and O–H groups in total. The van der Waals surface area contributed by atoms with Gasteiger partial charge in [0.1, 0.15) is 0 Å². The summed E-state index contributed by atoms with van der Waals surface area (Å²) in [5.74, 6) is 0. The van der Waals surface area contributed by atoms with E-state index in [1.165, 1.54) is 12.2 Å². The van der Waals surface area contributed by atoms with Gasteiger partial charge >= 0.3 is 0 Å². The van der Waals surface area contributed by atoms with Crippen LogP contribution in [0.5, 0.6) is 0 Å². The van der Waals surface area contributed by atoms with E-state index in [0.717, 1.165) is 12.3 Å². The van der Waals surface area contributed by atoms with Gasteiger partial charge in [0.2, 0.25) is 6.08 Å². The highest BCUT2D eigenvalue weighted by Gasteiger charge is 1.43. The Kier molecular flexibility index (Phi) is 21.3. The van der Waals surface area contributed by atoms with Gasteiger partial charge in [-0.15, -0.1) is 0 Å². The fraction of sp³-hybridized carbons (Fsp3) is 0. The van der Waals surface area contributed by atoms with Crippen molar-refractivity contribution in [3.63, 3.8) is 0 Å². The molecular weight excluding hydrogens is 106 g/mol. The van der Waals surface area contributed by atoms with Crippen LogP contribution >= 0.6 is 0 Å². The molecule has 0 unspecified atom stereocenters. The SMILES string of the molecule is C=CC=CO.N=C=O. The molecule has 0 aliphatic carbocycles. The molecule has 0 heterocycles. The predicted molar refractivity (Wildman–Crippen MR) is 30.4 cm³/mol. The fourth-order valence-corrected chi connectivity index (χ4v) is 0.0609. The Labute approximate surface area is 47.5 Å². The summed E-state index contributed by atoms with van der Waals surface area (Å²) in [6.07, 6.45) is 4.63. The summed E-state index contributed by atoms with van der Waals surface area (Å²) in [6, 6.07) is 0. The summed E-state index contributed by atoms with van der Waals surface area (Å²) in [5.41, 5.74) is 0. The van der Waals surface area contributed by atoms with Gasteiger partial charge in [0.25, 0.3) is 0 Å². The quantitative estimate of drug-likeness (QED) is 0.232. The molecule has 0 aromatic rings. The van der Waals surface area contributed by atoms with Crippen molar-refractivity contribution < 1.29 is 9.90 Å². The predicted octanol–water partition coefficient (Wildman–Crippen LogP) is 1.15. The number of aliphatic hydroxyl groups is 1. The zero-order valence-electron chi connectivity index (χ0n) is 4.29. The highest BCUT2D eigenvalue weighted by molar-refractivity contribution is 5.26. The third-order valence-corrected chi connectivity index (χ3v) is 0.222. The fourth-order valence-electron chi connectivity index (χ4n) is 0.0609. The van der Waals surface area contributed by atoms with E-state index in [1.807, 2.05) is 0 Å². The van der Waals surface area contributed by atoms with Crippen LogP contribution in [-0.2, 0) is 4.79 Å². The van der Waals surface area contributed by atoms with Crippen LogP contribution in [0.15, 0.2) is 25.0 Å². The average Bonchev–Trinajstić information content (AvgIpc) is 1.71. The molecule has 0 aliphatic rings. The molecule has 0 aromatic carbocycles. The first-order valence-electron chi connectivity index (χ1n) is 1.79. The highest BCUT2D eigenvalue weighted by Crippen LogP contribution is 1.61. The Morgan fingerprint density at radius 3 is 2.12 bits per heavy atom. The van der Waals surface area contributed by atoms with Gasteiger partial charge in [0.05, 0.1) is 6.26 Å². The van der Waals surface area contributed by atoms with Crippen molar-refractivity contribution in [2.75, 3.05) is 0 Å². The van der Waals surface area contributed by atoms with Gasteiger partial charge in [-0.25, -0.2) is 10.2 Å². The van der Waals surface area contributed by atoms with Crippen molar-refractivity contribution in [1.29, 1.82) is 5.41 Å². The number of hydrogen-bond acceptors (Lipinski definition) is 3. The number of allylic oxidation sites excluding steroid dienone is 2. The number of aliphatic hydroxyl groups excluding tert-OH is 1. The molecule has 0 saturated heterocycles. The Morgan fingerprint density at radius 1 is 1.75 bits per heavy atom. The topological polar surface area (TPSA) is 61.1 Å². The van der Waals surface area contributed by atoms with Gasteiger partial charge < -0.3 is 5.11 Å². The van der Waals surface area contributed by atoms with E-state index in [1.54, 1.807) is 0 Å². The van der Waals surface area contributed by atoms with Crippen molar-refractivity contribution in [1.82, 2.24) is 0 Å². The van der Waals surface area contributed by atoms with Crippen LogP contribution in [0, 0.1) is 5.41 Å². The molecule has 0 aliphatic heterocycles. The Bertz CT molecular complexity index is 101. The first-order chi connectivity index (χ1) is 3.83. The Balaban J connectivity index is 0. The Hall–Kier alpha value is -1.34. The number of nitrogens with one attached hydrogen (secondary N) is 1. The maximum absolute atomic E-state index is 8.35. The molecule has 0 fully saturated rings. The van der Waals surface area contributed by atoms with Crippen molar-refractivity contribution in [2.24, 2.45) is 0 Å². The molecule has 3 nitrogen and oxygen atoms in total. The van der Waals surface area contributed by atoms with Crippen LogP contribution in [0.4, 0.5) is 0 Å². The number of isocyanates is 1. The smallest absolute Gasteiger partial charge is 0.231 e. The lowest BCUT2D eigenvalue weighted by Crippen LogP contribution is -1.40. The van der Waals surface area contributed by atoms with Gasteiger partial charge in [-0.1, -0.05) is 12.7 Å². The molecule has 0 bridgehead atoms. The summed E-state index contributed by atoms with van der Waals surface area (Å²) < 4.78 is 0. The lowest BCUT2D eigenvalue weighted by molar-refractivity contribution is 0.474. The van der Waals surface area contributed by atoms with Gasteiger partial charge in [0.15, 0.2) is 0 Å². The van der Waals surface area contributed by atoms with E-state index in [2.05, 4.69) is 6.58 Å². The van der Waals surface area contributed by atoms with Gasteiger partial charge in [-0.05, 0) is 6.08 Å². The summed E-state index contributed by atoms with van der Waals surface area (Å²) in [5, 5.41) is 13.2. The molecule has 0 rings (SSSR count). The van der Waals surface area contributed by atoms with E-state index in [-0.39, 0.29) is 0 Å². The van der Waals surface area contributed by atoms with E-state index >= 15 is 0 Å². The minimum Gasteiger partial charge on any atom is -0.516 e. The van der Waals surface area contributed by atoms with E-state index in [9.17, 15) is 0 Å². The number of rotatable bonds is 1. The van der Waals surface area contributed by atoms with Crippen molar-refractivity contribution in [2.45, 2.75) is 0 Å². The number of hydrogen-bond donors (Lipinski definition) is 2. The molecule has 8 heavy (non-hydrogen) atoms.